The molecule has 2 amide bonds. The molecule has 0 radical (unpaired) electrons. The lowest BCUT2D eigenvalue weighted by molar-refractivity contribution is -0.126. The number of benzene rings is 2. The van der Waals surface area contributed by atoms with Gasteiger partial charge in [0.15, 0.2) is 0 Å². The van der Waals surface area contributed by atoms with Gasteiger partial charge in [-0.15, -0.1) is 0 Å². The zero-order valence-electron chi connectivity index (χ0n) is 22.8. The monoisotopic (exact) mass is 531 g/mol. The zero-order valence-corrected chi connectivity index (χ0v) is 22.8. The number of carbonyl (C=O) groups excluding carboxylic acids is 2. The van der Waals surface area contributed by atoms with Crippen LogP contribution in [0.1, 0.15) is 64.5 Å². The fourth-order valence-electron chi connectivity index (χ4n) is 3.82. The minimum Gasteiger partial charge on any atom is -0.493 e. The Labute approximate surface area is 225 Å². The Balaban J connectivity index is 2.10. The lowest BCUT2D eigenvalue weighted by atomic mass is 9.96. The minimum absolute atomic E-state index is 0.0452. The number of rotatable bonds is 14. The third kappa shape index (κ3) is 11.5. The molecule has 0 heterocycles. The number of aliphatic hydroxyl groups excluding tert-OH is 1. The van der Waals surface area contributed by atoms with Crippen molar-refractivity contribution in [3.05, 3.63) is 65.5 Å². The molecule has 8 nitrogen and oxygen atoms in total. The van der Waals surface area contributed by atoms with E-state index < -0.39 is 41.6 Å². The lowest BCUT2D eigenvalue weighted by Crippen LogP contribution is -2.59. The van der Waals surface area contributed by atoms with Gasteiger partial charge in [0.05, 0.1) is 12.7 Å². The maximum atomic E-state index is 14.3. The van der Waals surface area contributed by atoms with E-state index in [1.165, 1.54) is 12.1 Å². The SMILES string of the molecule is CCCCCCOc1cc(F)cc(C[C@H](N)C(O)[C@H](NC(=O)OC(C)(C)C)C(=O)NCc2ccccc2)c1. The number of hydrogen-bond acceptors (Lipinski definition) is 6. The average molecular weight is 532 g/mol. The van der Waals surface area contributed by atoms with E-state index in [0.29, 0.717) is 17.9 Å². The number of alkyl carbamates (subject to hydrolysis) is 1. The minimum atomic E-state index is -1.49. The van der Waals surface area contributed by atoms with Crippen molar-refractivity contribution in [2.24, 2.45) is 5.73 Å². The molecule has 0 aliphatic heterocycles. The van der Waals surface area contributed by atoms with Crippen LogP contribution in [0.15, 0.2) is 48.5 Å². The molecule has 0 bridgehead atoms. The van der Waals surface area contributed by atoms with Crippen molar-refractivity contribution < 1.29 is 28.6 Å². The third-order valence-electron chi connectivity index (χ3n) is 5.71. The van der Waals surface area contributed by atoms with Crippen LogP contribution in [-0.4, -0.2) is 47.5 Å². The fraction of sp³-hybridized carbons (Fsp3) is 0.517. The van der Waals surface area contributed by atoms with Crippen molar-refractivity contribution in [3.8, 4) is 5.75 Å². The predicted octanol–water partition coefficient (Wildman–Crippen LogP) is 4.23. The van der Waals surface area contributed by atoms with Gasteiger partial charge in [0, 0.05) is 18.7 Å². The summed E-state index contributed by atoms with van der Waals surface area (Å²) < 4.78 is 25.2. The molecular weight excluding hydrogens is 489 g/mol. The summed E-state index contributed by atoms with van der Waals surface area (Å²) in [6.45, 7) is 7.85. The number of hydrogen-bond donors (Lipinski definition) is 4. The number of amides is 2. The molecule has 9 heteroatoms. The number of carbonyl (C=O) groups is 2. The van der Waals surface area contributed by atoms with Gasteiger partial charge in [-0.1, -0.05) is 56.5 Å². The second kappa shape index (κ2) is 15.3. The summed E-state index contributed by atoms with van der Waals surface area (Å²) >= 11 is 0. The van der Waals surface area contributed by atoms with E-state index in [9.17, 15) is 19.1 Å². The highest BCUT2D eigenvalue weighted by Crippen LogP contribution is 2.19. The summed E-state index contributed by atoms with van der Waals surface area (Å²) in [5, 5.41) is 16.2. The molecule has 0 saturated carbocycles. The molecule has 0 spiro atoms. The van der Waals surface area contributed by atoms with Crippen LogP contribution < -0.4 is 21.1 Å². The summed E-state index contributed by atoms with van der Waals surface area (Å²) in [5.74, 6) is -0.739. The van der Waals surface area contributed by atoms with Gasteiger partial charge >= 0.3 is 6.09 Å². The van der Waals surface area contributed by atoms with Gasteiger partial charge in [-0.3, -0.25) is 4.79 Å². The Bertz CT molecular complexity index is 1010. The van der Waals surface area contributed by atoms with Crippen LogP contribution in [-0.2, 0) is 22.5 Å². The molecular formula is C29H42FN3O5. The summed E-state index contributed by atoms with van der Waals surface area (Å²) in [6, 6.07) is 11.1. The Morgan fingerprint density at radius 1 is 1.05 bits per heavy atom. The molecule has 1 unspecified atom stereocenters. The highest BCUT2D eigenvalue weighted by Gasteiger charge is 2.34. The van der Waals surface area contributed by atoms with Crippen LogP contribution in [0.25, 0.3) is 0 Å². The highest BCUT2D eigenvalue weighted by atomic mass is 19.1. The molecule has 3 atom stereocenters. The maximum absolute atomic E-state index is 14.3. The molecule has 210 valence electrons. The predicted molar refractivity (Wildman–Crippen MR) is 145 cm³/mol. The van der Waals surface area contributed by atoms with Crippen LogP contribution in [0.5, 0.6) is 5.75 Å². The molecule has 5 N–H and O–H groups in total. The third-order valence-corrected chi connectivity index (χ3v) is 5.71. The van der Waals surface area contributed by atoms with Gasteiger partial charge in [-0.05, 0) is 56.9 Å². The topological polar surface area (TPSA) is 123 Å². The van der Waals surface area contributed by atoms with Crippen molar-refractivity contribution in [1.29, 1.82) is 0 Å². The van der Waals surface area contributed by atoms with E-state index >= 15 is 0 Å². The molecule has 0 aliphatic carbocycles. The first-order valence-corrected chi connectivity index (χ1v) is 13.2. The van der Waals surface area contributed by atoms with E-state index in [2.05, 4.69) is 17.6 Å². The van der Waals surface area contributed by atoms with Crippen LogP contribution >= 0.6 is 0 Å². The Morgan fingerprint density at radius 2 is 1.76 bits per heavy atom. The van der Waals surface area contributed by atoms with E-state index in [1.807, 2.05) is 30.3 Å². The quantitative estimate of drug-likeness (QED) is 0.271. The zero-order chi connectivity index (χ0) is 28.1. The first-order valence-electron chi connectivity index (χ1n) is 13.2. The van der Waals surface area contributed by atoms with Crippen LogP contribution in [0.2, 0.25) is 0 Å². The van der Waals surface area contributed by atoms with Crippen molar-refractivity contribution in [3.63, 3.8) is 0 Å². The maximum Gasteiger partial charge on any atom is 0.408 e. The van der Waals surface area contributed by atoms with E-state index in [-0.39, 0.29) is 13.0 Å². The fourth-order valence-corrected chi connectivity index (χ4v) is 3.82. The summed E-state index contributed by atoms with van der Waals surface area (Å²) in [7, 11) is 0. The van der Waals surface area contributed by atoms with Gasteiger partial charge in [0.1, 0.15) is 23.2 Å². The van der Waals surface area contributed by atoms with Crippen molar-refractivity contribution >= 4 is 12.0 Å². The summed E-state index contributed by atoms with van der Waals surface area (Å²) in [6.07, 6.45) is 1.82. The molecule has 0 aliphatic rings. The van der Waals surface area contributed by atoms with Gasteiger partial charge < -0.3 is 30.9 Å². The van der Waals surface area contributed by atoms with Gasteiger partial charge in [-0.2, -0.15) is 0 Å². The molecule has 0 aromatic heterocycles. The molecule has 0 saturated heterocycles. The standard InChI is InChI=1S/C29H42FN3O5/c1-5-6-7-11-14-37-23-16-21(15-22(30)18-23)17-24(31)26(34)25(33-28(36)38-29(2,3)4)27(35)32-19-20-12-9-8-10-13-20/h8-10,12-13,15-16,18,24-26,34H,5-7,11,14,17,19,31H2,1-4H3,(H,32,35)(H,33,36)/t24-,25-,26?/m0/s1. The average Bonchev–Trinajstić information content (AvgIpc) is 2.84. The lowest BCUT2D eigenvalue weighted by Gasteiger charge is -2.29. The normalized spacial score (nSPS) is 13.8. The molecule has 38 heavy (non-hydrogen) atoms. The molecule has 2 aromatic carbocycles. The van der Waals surface area contributed by atoms with E-state index in [0.717, 1.165) is 31.2 Å². The van der Waals surface area contributed by atoms with Crippen LogP contribution in [0, 0.1) is 5.82 Å². The first-order chi connectivity index (χ1) is 18.0. The summed E-state index contributed by atoms with van der Waals surface area (Å²) in [4.78, 5) is 25.5. The highest BCUT2D eigenvalue weighted by molar-refractivity contribution is 5.86. The number of aliphatic hydroxyl groups is 1. The number of unbranched alkanes of at least 4 members (excludes halogenated alkanes) is 3. The number of halogens is 1. The van der Waals surface area contributed by atoms with Crippen LogP contribution in [0.4, 0.5) is 9.18 Å². The molecule has 2 aromatic rings. The second-order valence-corrected chi connectivity index (χ2v) is 10.4. The first kappa shape index (κ1) is 31.1. The van der Waals surface area contributed by atoms with Crippen LogP contribution in [0.3, 0.4) is 0 Å². The van der Waals surface area contributed by atoms with Gasteiger partial charge in [-0.25, -0.2) is 9.18 Å². The number of nitrogens with one attached hydrogen (secondary N) is 2. The Morgan fingerprint density at radius 3 is 2.42 bits per heavy atom. The smallest absolute Gasteiger partial charge is 0.408 e. The second-order valence-electron chi connectivity index (χ2n) is 10.4. The van der Waals surface area contributed by atoms with E-state index in [4.69, 9.17) is 15.2 Å². The van der Waals surface area contributed by atoms with Crippen molar-refractivity contribution in [1.82, 2.24) is 10.6 Å². The van der Waals surface area contributed by atoms with Crippen molar-refractivity contribution in [2.45, 2.75) is 90.1 Å². The molecule has 0 fully saturated rings. The Kier molecular flexibility index (Phi) is 12.5. The number of nitrogens with two attached hydrogens (primary N) is 1. The van der Waals surface area contributed by atoms with E-state index in [1.54, 1.807) is 26.8 Å². The number of ether oxygens (including phenoxy) is 2. The van der Waals surface area contributed by atoms with Gasteiger partial charge in [0.2, 0.25) is 5.91 Å². The summed E-state index contributed by atoms with van der Waals surface area (Å²) in [5.41, 5.74) is 6.80. The molecule has 2 rings (SSSR count). The largest absolute Gasteiger partial charge is 0.493 e. The Hall–Kier alpha value is -3.17. The van der Waals surface area contributed by atoms with Crippen molar-refractivity contribution in [2.75, 3.05) is 6.61 Å². The van der Waals surface area contributed by atoms with Gasteiger partial charge in [0.25, 0.3) is 0 Å².